The van der Waals surface area contributed by atoms with E-state index >= 15 is 0 Å². The summed E-state index contributed by atoms with van der Waals surface area (Å²) < 4.78 is 0. The van der Waals surface area contributed by atoms with Gasteiger partial charge in [-0.05, 0) is 71.9 Å². The number of hydrogen-bond acceptors (Lipinski definition) is 4. The Bertz CT molecular complexity index is 769. The van der Waals surface area contributed by atoms with Crippen LogP contribution in [0, 0.1) is 6.92 Å². The van der Waals surface area contributed by atoms with Crippen LogP contribution in [0.25, 0.3) is 0 Å². The first-order valence-electron chi connectivity index (χ1n) is 9.11. The van der Waals surface area contributed by atoms with Crippen LogP contribution in [0.4, 0.5) is 0 Å². The molecule has 1 aliphatic rings. The molecule has 4 heteroatoms. The van der Waals surface area contributed by atoms with Crippen LogP contribution < -0.4 is 5.11 Å². The average Bonchev–Trinajstić information content (AvgIpc) is 2.50. The second-order valence-electron chi connectivity index (χ2n) is 8.83. The summed E-state index contributed by atoms with van der Waals surface area (Å²) in [5.74, 6) is -1.55. The molecule has 1 aliphatic carbocycles. The molecule has 142 valence electrons. The van der Waals surface area contributed by atoms with E-state index in [1.165, 1.54) is 18.1 Å². The van der Waals surface area contributed by atoms with Crippen LogP contribution in [-0.4, -0.2) is 23.0 Å². The molecule has 26 heavy (non-hydrogen) atoms. The zero-order valence-corrected chi connectivity index (χ0v) is 16.6. The lowest BCUT2D eigenvalue weighted by Crippen LogP contribution is -2.34. The molecule has 0 aromatic heterocycles. The fourth-order valence-electron chi connectivity index (χ4n) is 3.75. The largest absolute Gasteiger partial charge is 0.545 e. The van der Waals surface area contributed by atoms with Gasteiger partial charge >= 0.3 is 0 Å². The van der Waals surface area contributed by atoms with Crippen molar-refractivity contribution in [3.63, 3.8) is 0 Å². The predicted octanol–water partition coefficient (Wildman–Crippen LogP) is 2.97. The highest BCUT2D eigenvalue weighted by atomic mass is 16.4. The number of carbonyl (C=O) groups excluding carboxylic acids is 2. The summed E-state index contributed by atoms with van der Waals surface area (Å²) in [6.07, 6.45) is 1.73. The molecule has 0 fully saturated rings. The fraction of sp³-hybridized carbons (Fsp3) is 0.545. The van der Waals surface area contributed by atoms with Crippen LogP contribution in [-0.2, 0) is 15.6 Å². The third kappa shape index (κ3) is 4.07. The van der Waals surface area contributed by atoms with E-state index in [0.717, 1.165) is 24.5 Å². The van der Waals surface area contributed by atoms with Crippen LogP contribution in [0.2, 0.25) is 0 Å². The summed E-state index contributed by atoms with van der Waals surface area (Å²) in [6.45, 7) is 12.3. The average molecular weight is 357 g/mol. The lowest BCUT2D eigenvalue weighted by Gasteiger charge is -2.42. The van der Waals surface area contributed by atoms with Crippen molar-refractivity contribution in [2.24, 2.45) is 0 Å². The van der Waals surface area contributed by atoms with Crippen molar-refractivity contribution in [1.29, 1.82) is 0 Å². The monoisotopic (exact) mass is 357 g/mol. The zero-order valence-electron chi connectivity index (χ0n) is 16.6. The molecule has 2 rings (SSSR count). The maximum atomic E-state index is 12.8. The van der Waals surface area contributed by atoms with E-state index in [1.807, 2.05) is 13.0 Å². The molecular weight excluding hydrogens is 328 g/mol. The van der Waals surface area contributed by atoms with Gasteiger partial charge in [0.1, 0.15) is 0 Å². The highest BCUT2D eigenvalue weighted by molar-refractivity contribution is 5.98. The summed E-state index contributed by atoms with van der Waals surface area (Å²) in [5, 5.41) is 20.8. The minimum Gasteiger partial charge on any atom is -0.545 e. The Morgan fingerprint density at radius 2 is 1.65 bits per heavy atom. The van der Waals surface area contributed by atoms with Gasteiger partial charge in [-0.3, -0.25) is 4.79 Å². The quantitative estimate of drug-likeness (QED) is 0.649. The highest BCUT2D eigenvalue weighted by Gasteiger charge is 2.37. The van der Waals surface area contributed by atoms with Crippen molar-refractivity contribution >= 4 is 11.8 Å². The summed E-state index contributed by atoms with van der Waals surface area (Å²) in [4.78, 5) is 23.4. The molecule has 0 saturated heterocycles. The smallest absolute Gasteiger partial charge is 0.166 e. The Hall–Kier alpha value is -1.94. The standard InChI is InChI=1S/C22H30O4/c1-13-9-16-17(22(5,6)8-7-21(16,3)4)11-15(13)19(24)12-18(23)14(2)10-20(25)26/h9-11,18,23H,7-8,12H2,1-6H3,(H,25,26)/p-1/b14-10+. The zero-order chi connectivity index (χ0) is 19.9. The maximum absolute atomic E-state index is 12.8. The van der Waals surface area contributed by atoms with E-state index in [4.69, 9.17) is 0 Å². The Balaban J connectivity index is 2.39. The Labute approximate surface area is 155 Å². The molecule has 0 saturated carbocycles. The molecule has 0 heterocycles. The molecule has 0 radical (unpaired) electrons. The molecule has 1 N–H and O–H groups in total. The van der Waals surface area contributed by atoms with E-state index < -0.39 is 12.1 Å². The van der Waals surface area contributed by atoms with Gasteiger partial charge < -0.3 is 15.0 Å². The number of rotatable bonds is 5. The molecule has 0 amide bonds. The van der Waals surface area contributed by atoms with E-state index in [0.29, 0.717) is 5.56 Å². The van der Waals surface area contributed by atoms with Crippen LogP contribution >= 0.6 is 0 Å². The lowest BCUT2D eigenvalue weighted by atomic mass is 9.62. The van der Waals surface area contributed by atoms with E-state index in [9.17, 15) is 19.8 Å². The number of benzene rings is 1. The normalized spacial score (nSPS) is 19.6. The SMILES string of the molecule is C/C(=C\C(=O)[O-])C(O)CC(=O)c1cc2c(cc1C)C(C)(C)CCC2(C)C. The first kappa shape index (κ1) is 20.4. The van der Waals surface area contributed by atoms with Crippen molar-refractivity contribution in [1.82, 2.24) is 0 Å². The van der Waals surface area contributed by atoms with Crippen molar-refractivity contribution in [3.8, 4) is 0 Å². The summed E-state index contributed by atoms with van der Waals surface area (Å²) in [7, 11) is 0. The highest BCUT2D eigenvalue weighted by Crippen LogP contribution is 2.46. The maximum Gasteiger partial charge on any atom is 0.166 e. The Morgan fingerprint density at radius 3 is 2.15 bits per heavy atom. The molecule has 4 nitrogen and oxygen atoms in total. The number of fused-ring (bicyclic) bond motifs is 1. The first-order valence-corrected chi connectivity index (χ1v) is 9.11. The second kappa shape index (κ2) is 6.99. The fourth-order valence-corrected chi connectivity index (χ4v) is 3.75. The van der Waals surface area contributed by atoms with Crippen LogP contribution in [0.3, 0.4) is 0 Å². The van der Waals surface area contributed by atoms with Gasteiger partial charge in [0.25, 0.3) is 0 Å². The predicted molar refractivity (Wildman–Crippen MR) is 100 cm³/mol. The van der Waals surface area contributed by atoms with Gasteiger partial charge in [-0.15, -0.1) is 0 Å². The number of carbonyl (C=O) groups is 2. The van der Waals surface area contributed by atoms with Crippen molar-refractivity contribution in [3.05, 3.63) is 46.0 Å². The molecule has 1 aromatic rings. The van der Waals surface area contributed by atoms with Gasteiger partial charge in [0.15, 0.2) is 5.78 Å². The number of carboxylic acids is 1. The summed E-state index contributed by atoms with van der Waals surface area (Å²) >= 11 is 0. The lowest BCUT2D eigenvalue weighted by molar-refractivity contribution is -0.297. The van der Waals surface area contributed by atoms with Gasteiger partial charge in [0, 0.05) is 12.0 Å². The van der Waals surface area contributed by atoms with Gasteiger partial charge in [0.2, 0.25) is 0 Å². The third-order valence-electron chi connectivity index (χ3n) is 5.75. The molecular formula is C22H29O4-. The third-order valence-corrected chi connectivity index (χ3v) is 5.75. The molecule has 0 aliphatic heterocycles. The number of Topliss-reactive ketones (excluding diaryl/α,β-unsaturated/α-hetero) is 1. The second-order valence-corrected chi connectivity index (χ2v) is 8.83. The molecule has 0 spiro atoms. The molecule has 1 aromatic carbocycles. The summed E-state index contributed by atoms with van der Waals surface area (Å²) in [6, 6.07) is 4.10. The minimum atomic E-state index is -1.37. The van der Waals surface area contributed by atoms with Crippen LogP contribution in [0.1, 0.15) is 80.9 Å². The van der Waals surface area contributed by atoms with Crippen molar-refractivity contribution in [2.75, 3.05) is 0 Å². The van der Waals surface area contributed by atoms with E-state index in [1.54, 1.807) is 0 Å². The molecule has 1 unspecified atom stereocenters. The number of carboxylic acid groups (broad SMARTS) is 1. The van der Waals surface area contributed by atoms with E-state index in [2.05, 4.69) is 33.8 Å². The first-order chi connectivity index (χ1) is 11.8. The summed E-state index contributed by atoms with van der Waals surface area (Å²) in [5.41, 5.74) is 4.27. The topological polar surface area (TPSA) is 77.4 Å². The van der Waals surface area contributed by atoms with Crippen molar-refractivity contribution in [2.45, 2.75) is 77.7 Å². The Morgan fingerprint density at radius 1 is 1.15 bits per heavy atom. The number of aliphatic hydroxyl groups is 1. The minimum absolute atomic E-state index is 0.00298. The van der Waals surface area contributed by atoms with Gasteiger partial charge in [-0.2, -0.15) is 0 Å². The number of aliphatic hydroxyl groups excluding tert-OH is 1. The number of aliphatic carboxylic acids is 1. The van der Waals surface area contributed by atoms with Gasteiger partial charge in [-0.25, -0.2) is 0 Å². The van der Waals surface area contributed by atoms with Gasteiger partial charge in [-0.1, -0.05) is 33.8 Å². The van der Waals surface area contributed by atoms with Crippen molar-refractivity contribution < 1.29 is 19.8 Å². The Kier molecular flexibility index (Phi) is 5.48. The number of ketones is 1. The van der Waals surface area contributed by atoms with Crippen LogP contribution in [0.5, 0.6) is 0 Å². The van der Waals surface area contributed by atoms with Crippen LogP contribution in [0.15, 0.2) is 23.8 Å². The van der Waals surface area contributed by atoms with E-state index in [-0.39, 0.29) is 28.6 Å². The number of hydrogen-bond donors (Lipinski definition) is 1. The molecule has 1 atom stereocenters. The number of aryl methyl sites for hydroxylation is 1. The molecule has 0 bridgehead atoms. The van der Waals surface area contributed by atoms with Gasteiger partial charge in [0.05, 0.1) is 12.1 Å².